The van der Waals surface area contributed by atoms with E-state index in [4.69, 9.17) is 9.47 Å². The van der Waals surface area contributed by atoms with E-state index >= 15 is 0 Å². The third-order valence-electron chi connectivity index (χ3n) is 5.20. The van der Waals surface area contributed by atoms with E-state index < -0.39 is 34.7 Å². The Hall–Kier alpha value is -2.57. The summed E-state index contributed by atoms with van der Waals surface area (Å²) < 4.78 is 11.1. The van der Waals surface area contributed by atoms with Gasteiger partial charge in [-0.1, -0.05) is 18.2 Å². The molecule has 2 saturated heterocycles. The van der Waals surface area contributed by atoms with Gasteiger partial charge in [0.05, 0.1) is 0 Å². The molecule has 2 fully saturated rings. The van der Waals surface area contributed by atoms with Gasteiger partial charge in [-0.2, -0.15) is 0 Å². The first-order chi connectivity index (χ1) is 13.8. The Balaban J connectivity index is 1.86. The Bertz CT molecular complexity index is 786. The number of ether oxygens (including phenoxy) is 2. The number of benzene rings is 1. The minimum Gasteiger partial charge on any atom is -0.458 e. The number of hydrogen-bond acceptors (Lipinski definition) is 5. The van der Waals surface area contributed by atoms with Crippen LogP contribution in [0.25, 0.3) is 0 Å². The summed E-state index contributed by atoms with van der Waals surface area (Å²) in [6.07, 6.45) is 0.0947. The van der Waals surface area contributed by atoms with Crippen molar-refractivity contribution >= 4 is 23.7 Å². The molecule has 2 amide bonds. The van der Waals surface area contributed by atoms with E-state index in [0.717, 1.165) is 5.69 Å². The Morgan fingerprint density at radius 1 is 0.967 bits per heavy atom. The fraction of sp³-hybridized carbons (Fsp3) is 0.609. The molecule has 0 aromatic heterocycles. The summed E-state index contributed by atoms with van der Waals surface area (Å²) in [6.45, 7) is 11.5. The van der Waals surface area contributed by atoms with Gasteiger partial charge in [0.2, 0.25) is 5.91 Å². The third-order valence-corrected chi connectivity index (χ3v) is 5.20. The molecule has 1 aromatic rings. The van der Waals surface area contributed by atoms with Gasteiger partial charge in [0.15, 0.2) is 0 Å². The monoisotopic (exact) mass is 416 g/mol. The SMILES string of the molecule is CC(C)(C)OC(=O)C1CC2(CC(=O)N(c3ccccc3)C2)CN1C(=O)OC(C)(C)C. The highest BCUT2D eigenvalue weighted by atomic mass is 16.6. The number of amides is 2. The molecule has 0 bridgehead atoms. The second-order valence-electron chi connectivity index (χ2n) is 10.4. The van der Waals surface area contributed by atoms with E-state index in [9.17, 15) is 14.4 Å². The third kappa shape index (κ3) is 4.94. The van der Waals surface area contributed by atoms with Crippen LogP contribution in [0.1, 0.15) is 54.4 Å². The Morgan fingerprint density at radius 3 is 2.13 bits per heavy atom. The van der Waals surface area contributed by atoms with Gasteiger partial charge in [-0.25, -0.2) is 9.59 Å². The molecule has 2 aliphatic heterocycles. The molecule has 0 N–H and O–H groups in total. The molecular formula is C23H32N2O5. The van der Waals surface area contributed by atoms with Gasteiger partial charge in [-0.3, -0.25) is 9.69 Å². The van der Waals surface area contributed by atoms with Crippen LogP contribution in [0.5, 0.6) is 0 Å². The van der Waals surface area contributed by atoms with Gasteiger partial charge < -0.3 is 14.4 Å². The zero-order valence-electron chi connectivity index (χ0n) is 18.7. The lowest BCUT2D eigenvalue weighted by Crippen LogP contribution is -2.45. The topological polar surface area (TPSA) is 76.2 Å². The summed E-state index contributed by atoms with van der Waals surface area (Å²) in [7, 11) is 0. The predicted octanol–water partition coefficient (Wildman–Crippen LogP) is 3.76. The van der Waals surface area contributed by atoms with E-state index in [1.54, 1.807) is 46.4 Å². The summed E-state index contributed by atoms with van der Waals surface area (Å²) in [4.78, 5) is 41.9. The molecule has 2 atom stereocenters. The zero-order valence-corrected chi connectivity index (χ0v) is 18.7. The summed E-state index contributed by atoms with van der Waals surface area (Å²) in [5.41, 5.74) is -1.05. The maximum Gasteiger partial charge on any atom is 0.411 e. The maximum absolute atomic E-state index is 12.9. The molecule has 1 spiro atoms. The van der Waals surface area contributed by atoms with Crippen LogP contribution in [0, 0.1) is 5.41 Å². The molecule has 3 rings (SSSR count). The summed E-state index contributed by atoms with van der Waals surface area (Å²) >= 11 is 0. The van der Waals surface area contributed by atoms with Crippen molar-refractivity contribution < 1.29 is 23.9 Å². The van der Waals surface area contributed by atoms with Crippen LogP contribution in [-0.4, -0.2) is 53.2 Å². The standard InChI is InChI=1S/C23H32N2O5/c1-21(2,3)29-19(27)17-12-23(15-25(17)20(28)30-22(4,5)6)13-18(26)24(14-23)16-10-8-7-9-11-16/h7-11,17H,12-15H2,1-6H3. The molecule has 30 heavy (non-hydrogen) atoms. The Labute approximate surface area is 178 Å². The minimum absolute atomic E-state index is 0.00447. The number of hydrogen-bond donors (Lipinski definition) is 0. The molecule has 0 aliphatic carbocycles. The second-order valence-corrected chi connectivity index (χ2v) is 10.4. The van der Waals surface area contributed by atoms with Gasteiger partial charge >= 0.3 is 12.1 Å². The van der Waals surface area contributed by atoms with Crippen molar-refractivity contribution in [1.82, 2.24) is 4.90 Å². The van der Waals surface area contributed by atoms with Crippen LogP contribution >= 0.6 is 0 Å². The molecule has 1 aromatic carbocycles. The van der Waals surface area contributed by atoms with Crippen LogP contribution in [0.15, 0.2) is 30.3 Å². The summed E-state index contributed by atoms with van der Waals surface area (Å²) in [6, 6.07) is 8.68. The lowest BCUT2D eigenvalue weighted by atomic mass is 9.84. The lowest BCUT2D eigenvalue weighted by molar-refractivity contribution is -0.160. The largest absolute Gasteiger partial charge is 0.458 e. The van der Waals surface area contributed by atoms with Crippen LogP contribution in [0.3, 0.4) is 0 Å². The van der Waals surface area contributed by atoms with Crippen molar-refractivity contribution in [2.75, 3.05) is 18.0 Å². The van der Waals surface area contributed by atoms with E-state index in [-0.39, 0.29) is 18.9 Å². The molecule has 2 unspecified atom stereocenters. The van der Waals surface area contributed by atoms with Gasteiger partial charge in [0, 0.05) is 30.6 Å². The molecular weight excluding hydrogens is 384 g/mol. The number of likely N-dealkylation sites (tertiary alicyclic amines) is 1. The Kier molecular flexibility index (Phi) is 5.60. The number of nitrogens with zero attached hydrogens (tertiary/aromatic N) is 2. The van der Waals surface area contributed by atoms with Crippen molar-refractivity contribution in [3.63, 3.8) is 0 Å². The van der Waals surface area contributed by atoms with Crippen LogP contribution in [0.2, 0.25) is 0 Å². The number of rotatable bonds is 2. The number of carbonyl (C=O) groups excluding carboxylic acids is 3. The van der Waals surface area contributed by atoms with Crippen LogP contribution in [0.4, 0.5) is 10.5 Å². The first-order valence-electron chi connectivity index (χ1n) is 10.4. The summed E-state index contributed by atoms with van der Waals surface area (Å²) in [5.74, 6) is -0.467. The number of anilines is 1. The average molecular weight is 417 g/mol. The highest BCUT2D eigenvalue weighted by molar-refractivity contribution is 5.97. The average Bonchev–Trinajstić information content (AvgIpc) is 3.13. The first kappa shape index (κ1) is 22.1. The molecule has 0 saturated carbocycles. The molecule has 0 radical (unpaired) electrons. The van der Waals surface area contributed by atoms with Crippen molar-refractivity contribution in [3.8, 4) is 0 Å². The smallest absolute Gasteiger partial charge is 0.411 e. The van der Waals surface area contributed by atoms with Crippen molar-refractivity contribution in [2.45, 2.75) is 71.6 Å². The Morgan fingerprint density at radius 2 is 1.57 bits per heavy atom. The quantitative estimate of drug-likeness (QED) is 0.686. The molecule has 2 heterocycles. The van der Waals surface area contributed by atoms with E-state index in [0.29, 0.717) is 13.0 Å². The van der Waals surface area contributed by atoms with Crippen LogP contribution < -0.4 is 4.90 Å². The minimum atomic E-state index is -0.775. The number of carbonyl (C=O) groups is 3. The van der Waals surface area contributed by atoms with Gasteiger partial charge in [0.25, 0.3) is 0 Å². The number of para-hydroxylation sites is 1. The zero-order chi connectivity index (χ0) is 22.3. The fourth-order valence-electron chi connectivity index (χ4n) is 4.13. The predicted molar refractivity (Wildman–Crippen MR) is 113 cm³/mol. The highest BCUT2D eigenvalue weighted by Gasteiger charge is 2.56. The van der Waals surface area contributed by atoms with Gasteiger partial charge in [-0.05, 0) is 60.1 Å². The van der Waals surface area contributed by atoms with Gasteiger partial charge in [0.1, 0.15) is 17.2 Å². The number of esters is 1. The lowest BCUT2D eigenvalue weighted by Gasteiger charge is -2.29. The molecule has 7 heteroatoms. The summed E-state index contributed by atoms with van der Waals surface area (Å²) in [5, 5.41) is 0. The van der Waals surface area contributed by atoms with Gasteiger partial charge in [-0.15, -0.1) is 0 Å². The van der Waals surface area contributed by atoms with E-state index in [1.807, 2.05) is 30.3 Å². The van der Waals surface area contributed by atoms with Crippen molar-refractivity contribution in [3.05, 3.63) is 30.3 Å². The molecule has 2 aliphatic rings. The fourth-order valence-corrected chi connectivity index (χ4v) is 4.13. The molecule has 164 valence electrons. The van der Waals surface area contributed by atoms with Crippen molar-refractivity contribution in [1.29, 1.82) is 0 Å². The maximum atomic E-state index is 12.9. The normalized spacial score (nSPS) is 24.5. The first-order valence-corrected chi connectivity index (χ1v) is 10.4. The molecule has 7 nitrogen and oxygen atoms in total. The van der Waals surface area contributed by atoms with Crippen molar-refractivity contribution in [2.24, 2.45) is 5.41 Å². The second kappa shape index (κ2) is 7.60. The van der Waals surface area contributed by atoms with E-state index in [1.165, 1.54) is 4.90 Å². The van der Waals surface area contributed by atoms with E-state index in [2.05, 4.69) is 0 Å². The highest BCUT2D eigenvalue weighted by Crippen LogP contribution is 2.45. The van der Waals surface area contributed by atoms with Crippen LogP contribution in [-0.2, 0) is 19.1 Å².